The van der Waals surface area contributed by atoms with E-state index < -0.39 is 11.6 Å². The van der Waals surface area contributed by atoms with E-state index in [2.05, 4.69) is 6.58 Å². The number of rotatable bonds is 7. The number of benzene rings is 1. The Balaban J connectivity index is 2.56. The minimum absolute atomic E-state index is 0.00220. The summed E-state index contributed by atoms with van der Waals surface area (Å²) >= 11 is 0. The van der Waals surface area contributed by atoms with Gasteiger partial charge in [0, 0.05) is 12.5 Å². The second kappa shape index (κ2) is 7.04. The molecule has 18 heavy (non-hydrogen) atoms. The lowest BCUT2D eigenvalue weighted by molar-refractivity contribution is 0.0975. The van der Waals surface area contributed by atoms with Crippen molar-refractivity contribution in [2.75, 3.05) is 0 Å². The first-order valence-corrected chi connectivity index (χ1v) is 6.16. The van der Waals surface area contributed by atoms with E-state index in [9.17, 15) is 13.6 Å². The van der Waals surface area contributed by atoms with Crippen LogP contribution in [-0.4, -0.2) is 5.78 Å². The Hall–Kier alpha value is -1.51. The lowest BCUT2D eigenvalue weighted by atomic mass is 10.0. The van der Waals surface area contributed by atoms with Gasteiger partial charge in [0.2, 0.25) is 0 Å². The maximum absolute atomic E-state index is 13.4. The van der Waals surface area contributed by atoms with Gasteiger partial charge in [-0.25, -0.2) is 8.78 Å². The van der Waals surface area contributed by atoms with Gasteiger partial charge in [0.15, 0.2) is 5.78 Å². The number of hydrogen-bond donors (Lipinski definition) is 0. The minimum atomic E-state index is -0.769. The van der Waals surface area contributed by atoms with Crippen molar-refractivity contribution in [3.05, 3.63) is 47.5 Å². The quantitative estimate of drug-likeness (QED) is 0.394. The Kier molecular flexibility index (Phi) is 5.69. The number of aryl methyl sites for hydroxylation is 1. The predicted octanol–water partition coefficient (Wildman–Crippen LogP) is 4.59. The lowest BCUT2D eigenvalue weighted by Gasteiger charge is -2.05. The molecule has 0 radical (unpaired) electrons. The summed E-state index contributed by atoms with van der Waals surface area (Å²) in [5.74, 6) is -1.64. The first-order valence-electron chi connectivity index (χ1n) is 6.16. The molecule has 3 heteroatoms. The zero-order valence-corrected chi connectivity index (χ0v) is 10.6. The highest BCUT2D eigenvalue weighted by Gasteiger charge is 2.13. The molecule has 0 bridgehead atoms. The summed E-state index contributed by atoms with van der Waals surface area (Å²) in [7, 11) is 0. The van der Waals surface area contributed by atoms with Gasteiger partial charge < -0.3 is 0 Å². The zero-order chi connectivity index (χ0) is 13.5. The molecule has 0 aliphatic rings. The van der Waals surface area contributed by atoms with E-state index >= 15 is 0 Å². The molecule has 0 fully saturated rings. The smallest absolute Gasteiger partial charge is 0.165 e. The average Bonchev–Trinajstić information content (AvgIpc) is 2.33. The number of carbonyl (C=O) groups excluding carboxylic acids is 1. The molecule has 0 saturated heterocycles. The summed E-state index contributed by atoms with van der Waals surface area (Å²) in [5.41, 5.74) is 0.295. The standard InChI is InChI=1S/C15H18F2O/c1-3-4-5-6-7-8-15(18)12-9-11(2)13(16)10-14(12)17/h3,9-10H,1,4-8H2,2H3. The molecule has 0 aliphatic carbocycles. The molecule has 98 valence electrons. The fourth-order valence-electron chi connectivity index (χ4n) is 1.76. The van der Waals surface area contributed by atoms with Crippen LogP contribution < -0.4 is 0 Å². The van der Waals surface area contributed by atoms with Crippen LogP contribution in [0.25, 0.3) is 0 Å². The second-order valence-corrected chi connectivity index (χ2v) is 4.39. The fraction of sp³-hybridized carbons (Fsp3) is 0.400. The van der Waals surface area contributed by atoms with E-state index in [1.807, 2.05) is 6.08 Å². The van der Waals surface area contributed by atoms with E-state index in [0.29, 0.717) is 12.0 Å². The number of unbranched alkanes of at least 4 members (excludes halogenated alkanes) is 3. The van der Waals surface area contributed by atoms with E-state index in [0.717, 1.165) is 31.7 Å². The normalized spacial score (nSPS) is 10.4. The van der Waals surface area contributed by atoms with Gasteiger partial charge in [0.25, 0.3) is 0 Å². The third-order valence-electron chi connectivity index (χ3n) is 2.86. The molecular weight excluding hydrogens is 234 g/mol. The summed E-state index contributed by atoms with van der Waals surface area (Å²) in [5, 5.41) is 0. The first kappa shape index (κ1) is 14.6. The molecule has 1 aromatic carbocycles. The molecule has 0 N–H and O–H groups in total. The van der Waals surface area contributed by atoms with Crippen molar-refractivity contribution in [2.45, 2.75) is 39.0 Å². The molecule has 0 saturated carbocycles. The van der Waals surface area contributed by atoms with E-state index in [4.69, 9.17) is 0 Å². The molecule has 1 aromatic rings. The van der Waals surface area contributed by atoms with Crippen LogP contribution in [0.4, 0.5) is 8.78 Å². The topological polar surface area (TPSA) is 17.1 Å². The third kappa shape index (κ3) is 4.06. The molecule has 0 unspecified atom stereocenters. The average molecular weight is 252 g/mol. The number of ketones is 1. The van der Waals surface area contributed by atoms with E-state index in [1.54, 1.807) is 0 Å². The summed E-state index contributed by atoms with van der Waals surface area (Å²) in [6.45, 7) is 5.14. The van der Waals surface area contributed by atoms with Gasteiger partial charge in [0.05, 0.1) is 5.56 Å². The molecule has 1 rings (SSSR count). The Bertz CT molecular complexity index is 438. The van der Waals surface area contributed by atoms with Crippen molar-refractivity contribution in [2.24, 2.45) is 0 Å². The van der Waals surface area contributed by atoms with Crippen LogP contribution in [0.3, 0.4) is 0 Å². The SMILES string of the molecule is C=CCCCCCC(=O)c1cc(C)c(F)cc1F. The highest BCUT2D eigenvalue weighted by atomic mass is 19.1. The van der Waals surface area contributed by atoms with Gasteiger partial charge in [-0.3, -0.25) is 4.79 Å². The third-order valence-corrected chi connectivity index (χ3v) is 2.86. The number of Topliss-reactive ketones (excluding diaryl/α,β-unsaturated/α-hetero) is 1. The van der Waals surface area contributed by atoms with Gasteiger partial charge in [-0.1, -0.05) is 12.5 Å². The van der Waals surface area contributed by atoms with Crippen molar-refractivity contribution in [3.63, 3.8) is 0 Å². The van der Waals surface area contributed by atoms with Gasteiger partial charge in [-0.15, -0.1) is 6.58 Å². The maximum atomic E-state index is 13.4. The molecule has 0 atom stereocenters. The number of carbonyl (C=O) groups is 1. The maximum Gasteiger partial charge on any atom is 0.165 e. The van der Waals surface area contributed by atoms with Crippen LogP contribution in [0.2, 0.25) is 0 Å². The molecule has 0 aliphatic heterocycles. The van der Waals surface area contributed by atoms with Gasteiger partial charge in [-0.05, 0) is 37.8 Å². The minimum Gasteiger partial charge on any atom is -0.294 e. The van der Waals surface area contributed by atoms with Crippen LogP contribution in [0.15, 0.2) is 24.8 Å². The summed E-state index contributed by atoms with van der Waals surface area (Å²) in [4.78, 5) is 11.8. The van der Waals surface area contributed by atoms with Gasteiger partial charge >= 0.3 is 0 Å². The highest BCUT2D eigenvalue weighted by molar-refractivity contribution is 5.96. The summed E-state index contributed by atoms with van der Waals surface area (Å²) in [6.07, 6.45) is 5.70. The Morgan fingerprint density at radius 3 is 2.61 bits per heavy atom. The van der Waals surface area contributed by atoms with E-state index in [-0.39, 0.29) is 11.3 Å². The fourth-order valence-corrected chi connectivity index (χ4v) is 1.76. The molecule has 1 nitrogen and oxygen atoms in total. The number of hydrogen-bond acceptors (Lipinski definition) is 1. The first-order chi connectivity index (χ1) is 8.56. The van der Waals surface area contributed by atoms with E-state index in [1.165, 1.54) is 13.0 Å². The second-order valence-electron chi connectivity index (χ2n) is 4.39. The largest absolute Gasteiger partial charge is 0.294 e. The summed E-state index contributed by atoms with van der Waals surface area (Å²) in [6, 6.07) is 2.07. The zero-order valence-electron chi connectivity index (χ0n) is 10.6. The molecule has 0 aromatic heterocycles. The van der Waals surface area contributed by atoms with Crippen LogP contribution >= 0.6 is 0 Å². The van der Waals surface area contributed by atoms with Crippen molar-refractivity contribution in [3.8, 4) is 0 Å². The van der Waals surface area contributed by atoms with Crippen molar-refractivity contribution in [1.82, 2.24) is 0 Å². The Labute approximate surface area is 107 Å². The Morgan fingerprint density at radius 1 is 1.22 bits per heavy atom. The molecular formula is C15H18F2O. The van der Waals surface area contributed by atoms with Gasteiger partial charge in [-0.2, -0.15) is 0 Å². The molecule has 0 heterocycles. The van der Waals surface area contributed by atoms with Crippen LogP contribution in [0.5, 0.6) is 0 Å². The molecule has 0 spiro atoms. The van der Waals surface area contributed by atoms with Gasteiger partial charge in [0.1, 0.15) is 11.6 Å². The Morgan fingerprint density at radius 2 is 1.94 bits per heavy atom. The van der Waals surface area contributed by atoms with Crippen molar-refractivity contribution in [1.29, 1.82) is 0 Å². The van der Waals surface area contributed by atoms with Crippen molar-refractivity contribution >= 4 is 5.78 Å². The number of allylic oxidation sites excluding steroid dienone is 1. The predicted molar refractivity (Wildman–Crippen MR) is 68.7 cm³/mol. The number of halogens is 2. The highest BCUT2D eigenvalue weighted by Crippen LogP contribution is 2.17. The monoisotopic (exact) mass is 252 g/mol. The molecule has 0 amide bonds. The van der Waals surface area contributed by atoms with Crippen molar-refractivity contribution < 1.29 is 13.6 Å². The van der Waals surface area contributed by atoms with Crippen LogP contribution in [0.1, 0.15) is 48.0 Å². The van der Waals surface area contributed by atoms with Crippen LogP contribution in [-0.2, 0) is 0 Å². The lowest BCUT2D eigenvalue weighted by Crippen LogP contribution is -2.04. The summed E-state index contributed by atoms with van der Waals surface area (Å²) < 4.78 is 26.5. The van der Waals surface area contributed by atoms with Crippen LogP contribution in [0, 0.1) is 18.6 Å².